The first-order chi connectivity index (χ1) is 14.0. The topological polar surface area (TPSA) is 104 Å². The van der Waals surface area contributed by atoms with Crippen molar-refractivity contribution in [2.24, 2.45) is 0 Å². The van der Waals surface area contributed by atoms with Gasteiger partial charge in [0.05, 0.1) is 12.7 Å². The van der Waals surface area contributed by atoms with Gasteiger partial charge in [-0.1, -0.05) is 0 Å². The molecule has 148 valence electrons. The zero-order chi connectivity index (χ0) is 20.4. The normalized spacial score (nSPS) is 13.9. The SMILES string of the molecule is COc1ccc(-c2nnc(C(C)OC(=O)c3ccc4c(c3)CCC(=O)N4)o2)cc1. The van der Waals surface area contributed by atoms with Crippen LogP contribution in [0.3, 0.4) is 0 Å². The fourth-order valence-electron chi connectivity index (χ4n) is 3.04. The summed E-state index contributed by atoms with van der Waals surface area (Å²) >= 11 is 0. The number of rotatable bonds is 5. The smallest absolute Gasteiger partial charge is 0.338 e. The van der Waals surface area contributed by atoms with Crippen LogP contribution >= 0.6 is 0 Å². The average Bonchev–Trinajstić information content (AvgIpc) is 3.24. The van der Waals surface area contributed by atoms with Crippen molar-refractivity contribution in [1.82, 2.24) is 10.2 Å². The van der Waals surface area contributed by atoms with E-state index in [2.05, 4.69) is 15.5 Å². The maximum atomic E-state index is 12.5. The third kappa shape index (κ3) is 3.96. The van der Waals surface area contributed by atoms with Crippen LogP contribution in [0.15, 0.2) is 46.9 Å². The molecule has 0 spiro atoms. The average molecular weight is 393 g/mol. The van der Waals surface area contributed by atoms with Crippen LogP contribution in [0.25, 0.3) is 11.5 Å². The largest absolute Gasteiger partial charge is 0.497 e. The number of carbonyl (C=O) groups is 2. The van der Waals surface area contributed by atoms with Gasteiger partial charge in [0.1, 0.15) is 5.75 Å². The molecule has 1 unspecified atom stereocenters. The number of benzene rings is 2. The molecule has 0 fully saturated rings. The summed E-state index contributed by atoms with van der Waals surface area (Å²) in [5.74, 6) is 0.733. The van der Waals surface area contributed by atoms with Crippen molar-refractivity contribution < 1.29 is 23.5 Å². The first-order valence-corrected chi connectivity index (χ1v) is 9.15. The van der Waals surface area contributed by atoms with E-state index in [-0.39, 0.29) is 11.8 Å². The highest BCUT2D eigenvalue weighted by molar-refractivity contribution is 5.96. The lowest BCUT2D eigenvalue weighted by atomic mass is 10.0. The third-order valence-electron chi connectivity index (χ3n) is 4.65. The third-order valence-corrected chi connectivity index (χ3v) is 4.65. The number of hydrogen-bond donors (Lipinski definition) is 1. The molecule has 1 atom stereocenters. The Morgan fingerprint density at radius 1 is 1.14 bits per heavy atom. The molecule has 0 aliphatic carbocycles. The van der Waals surface area contributed by atoms with E-state index in [1.54, 1.807) is 56.5 Å². The van der Waals surface area contributed by atoms with Crippen molar-refractivity contribution in [1.29, 1.82) is 0 Å². The number of aromatic nitrogens is 2. The number of esters is 1. The van der Waals surface area contributed by atoms with E-state index in [9.17, 15) is 9.59 Å². The predicted molar refractivity (Wildman–Crippen MR) is 104 cm³/mol. The lowest BCUT2D eigenvalue weighted by Crippen LogP contribution is -2.19. The molecule has 1 aliphatic rings. The van der Waals surface area contributed by atoms with Gasteiger partial charge in [0.25, 0.3) is 5.89 Å². The molecule has 0 saturated heterocycles. The van der Waals surface area contributed by atoms with Gasteiger partial charge in [-0.25, -0.2) is 4.79 Å². The van der Waals surface area contributed by atoms with Gasteiger partial charge in [-0.05, 0) is 61.4 Å². The standard InChI is InChI=1S/C21H19N3O5/c1-12(19-23-24-20(29-19)13-3-7-16(27-2)8-4-13)28-21(26)15-5-9-17-14(11-15)6-10-18(25)22-17/h3-5,7-9,11-12H,6,10H2,1-2H3,(H,22,25). The molecule has 1 amide bonds. The maximum Gasteiger partial charge on any atom is 0.338 e. The number of methoxy groups -OCH3 is 1. The second-order valence-electron chi connectivity index (χ2n) is 6.64. The molecule has 2 aromatic carbocycles. The van der Waals surface area contributed by atoms with E-state index >= 15 is 0 Å². The molecule has 3 aromatic rings. The number of anilines is 1. The van der Waals surface area contributed by atoms with Gasteiger partial charge in [0.2, 0.25) is 11.8 Å². The summed E-state index contributed by atoms with van der Waals surface area (Å²) in [6.07, 6.45) is 0.280. The molecule has 8 heteroatoms. The molecule has 4 rings (SSSR count). The first-order valence-electron chi connectivity index (χ1n) is 9.15. The van der Waals surface area contributed by atoms with Crippen molar-refractivity contribution in [2.75, 3.05) is 12.4 Å². The maximum absolute atomic E-state index is 12.5. The number of ether oxygens (including phenoxy) is 2. The quantitative estimate of drug-likeness (QED) is 0.661. The van der Waals surface area contributed by atoms with Crippen LogP contribution in [0.1, 0.15) is 41.3 Å². The Balaban J connectivity index is 1.45. The molecule has 1 N–H and O–H groups in total. The number of hydrogen-bond acceptors (Lipinski definition) is 7. The Bertz CT molecular complexity index is 1060. The zero-order valence-corrected chi connectivity index (χ0v) is 16.0. The minimum atomic E-state index is -0.710. The molecule has 8 nitrogen and oxygen atoms in total. The molecule has 2 heterocycles. The van der Waals surface area contributed by atoms with Gasteiger partial charge in [-0.3, -0.25) is 4.79 Å². The van der Waals surface area contributed by atoms with Crippen molar-refractivity contribution in [2.45, 2.75) is 25.9 Å². The molecular weight excluding hydrogens is 374 g/mol. The second kappa shape index (κ2) is 7.75. The molecular formula is C21H19N3O5. The second-order valence-corrected chi connectivity index (χ2v) is 6.64. The summed E-state index contributed by atoms with van der Waals surface area (Å²) in [6, 6.07) is 12.3. The van der Waals surface area contributed by atoms with Crippen LogP contribution in [-0.4, -0.2) is 29.2 Å². The summed E-state index contributed by atoms with van der Waals surface area (Å²) in [4.78, 5) is 24.0. The number of nitrogens with zero attached hydrogens (tertiary/aromatic N) is 2. The van der Waals surface area contributed by atoms with Crippen molar-refractivity contribution in [3.05, 3.63) is 59.5 Å². The van der Waals surface area contributed by atoms with Crippen LogP contribution in [0.5, 0.6) is 5.75 Å². The highest BCUT2D eigenvalue weighted by atomic mass is 16.6. The molecule has 29 heavy (non-hydrogen) atoms. The van der Waals surface area contributed by atoms with Gasteiger partial charge in [0, 0.05) is 17.7 Å². The summed E-state index contributed by atoms with van der Waals surface area (Å²) in [6.45, 7) is 1.67. The van der Waals surface area contributed by atoms with Crippen LogP contribution < -0.4 is 10.1 Å². The van der Waals surface area contributed by atoms with E-state index in [0.29, 0.717) is 24.3 Å². The van der Waals surface area contributed by atoms with Gasteiger partial charge in [-0.2, -0.15) is 0 Å². The molecule has 0 radical (unpaired) electrons. The highest BCUT2D eigenvalue weighted by Gasteiger charge is 2.22. The number of nitrogens with one attached hydrogen (secondary N) is 1. The van der Waals surface area contributed by atoms with Crippen LogP contribution in [0.4, 0.5) is 5.69 Å². The number of carbonyl (C=O) groups excluding carboxylic acids is 2. The lowest BCUT2D eigenvalue weighted by Gasteiger charge is -2.17. The summed E-state index contributed by atoms with van der Waals surface area (Å²) in [7, 11) is 1.59. The highest BCUT2D eigenvalue weighted by Crippen LogP contribution is 2.27. The van der Waals surface area contributed by atoms with Crippen LogP contribution in [0.2, 0.25) is 0 Å². The Kier molecular flexibility index (Phi) is 4.99. The number of amides is 1. The van der Waals surface area contributed by atoms with E-state index < -0.39 is 12.1 Å². The lowest BCUT2D eigenvalue weighted by molar-refractivity contribution is -0.116. The predicted octanol–water partition coefficient (Wildman–Crippen LogP) is 3.55. The van der Waals surface area contributed by atoms with Crippen LogP contribution in [0, 0.1) is 0 Å². The van der Waals surface area contributed by atoms with Crippen molar-refractivity contribution >= 4 is 17.6 Å². The van der Waals surface area contributed by atoms with Crippen molar-refractivity contribution in [3.63, 3.8) is 0 Å². The number of fused-ring (bicyclic) bond motifs is 1. The Hall–Kier alpha value is -3.68. The molecule has 1 aromatic heterocycles. The number of aryl methyl sites for hydroxylation is 1. The van der Waals surface area contributed by atoms with Gasteiger partial charge in [-0.15, -0.1) is 10.2 Å². The summed E-state index contributed by atoms with van der Waals surface area (Å²) in [5.41, 5.74) is 2.78. The molecule has 0 saturated carbocycles. The monoisotopic (exact) mass is 393 g/mol. The van der Waals surface area contributed by atoms with E-state index in [0.717, 1.165) is 22.6 Å². The fourth-order valence-corrected chi connectivity index (χ4v) is 3.04. The first kappa shape index (κ1) is 18.7. The molecule has 0 bridgehead atoms. The van der Waals surface area contributed by atoms with Gasteiger partial charge < -0.3 is 19.2 Å². The Morgan fingerprint density at radius 2 is 1.93 bits per heavy atom. The summed E-state index contributed by atoms with van der Waals surface area (Å²) in [5, 5.41) is 10.8. The Morgan fingerprint density at radius 3 is 2.69 bits per heavy atom. The van der Waals surface area contributed by atoms with E-state index in [4.69, 9.17) is 13.9 Å². The van der Waals surface area contributed by atoms with Gasteiger partial charge >= 0.3 is 5.97 Å². The van der Waals surface area contributed by atoms with E-state index in [1.807, 2.05) is 0 Å². The van der Waals surface area contributed by atoms with E-state index in [1.165, 1.54) is 0 Å². The zero-order valence-electron chi connectivity index (χ0n) is 16.0. The summed E-state index contributed by atoms with van der Waals surface area (Å²) < 4.78 is 16.3. The fraction of sp³-hybridized carbons (Fsp3) is 0.238. The molecule has 1 aliphatic heterocycles. The van der Waals surface area contributed by atoms with Crippen LogP contribution in [-0.2, 0) is 16.0 Å². The minimum absolute atomic E-state index is 0.0227. The van der Waals surface area contributed by atoms with Crippen molar-refractivity contribution in [3.8, 4) is 17.2 Å². The van der Waals surface area contributed by atoms with Gasteiger partial charge in [0.15, 0.2) is 6.10 Å². The Labute approximate surface area is 166 Å². The minimum Gasteiger partial charge on any atom is -0.497 e.